The highest BCUT2D eigenvalue weighted by Gasteiger charge is 2.21. The Morgan fingerprint density at radius 3 is 2.76 bits per heavy atom. The summed E-state index contributed by atoms with van der Waals surface area (Å²) in [6, 6.07) is 10.8. The minimum Gasteiger partial charge on any atom is -0.480 e. The van der Waals surface area contributed by atoms with Crippen molar-refractivity contribution in [1.29, 1.82) is 0 Å². The zero-order chi connectivity index (χ0) is 12.3. The number of hydrogen-bond donors (Lipinski definition) is 1. The highest BCUT2D eigenvalue weighted by atomic mass is 35.5. The molecule has 2 aromatic rings. The molecule has 2 nitrogen and oxygen atoms in total. The Balaban J connectivity index is 2.26. The van der Waals surface area contributed by atoms with E-state index in [0.717, 1.165) is 4.21 Å². The first kappa shape index (κ1) is 12.5. The fraction of sp³-hybridized carbons (Fsp3) is 0.0833. The first-order valence-electron chi connectivity index (χ1n) is 4.85. The second kappa shape index (κ2) is 5.58. The van der Waals surface area contributed by atoms with Gasteiger partial charge >= 0.3 is 5.97 Å². The standard InChI is InChI=1S/C12H9ClO2S2/c13-9-4-1-3-8(7-9)11(12(14)15)17-10-5-2-6-16-10/h1-7,11H,(H,14,15)/t11-/m0/s1. The van der Waals surface area contributed by atoms with E-state index >= 15 is 0 Å². The molecule has 5 heteroatoms. The molecule has 0 aliphatic heterocycles. The third-order valence-electron chi connectivity index (χ3n) is 2.10. The summed E-state index contributed by atoms with van der Waals surface area (Å²) in [5.74, 6) is -0.856. The third kappa shape index (κ3) is 3.25. The molecule has 1 aromatic carbocycles. The maximum absolute atomic E-state index is 11.3. The van der Waals surface area contributed by atoms with Gasteiger partial charge in [-0.3, -0.25) is 4.79 Å². The monoisotopic (exact) mass is 284 g/mol. The van der Waals surface area contributed by atoms with Crippen LogP contribution in [0.4, 0.5) is 0 Å². The number of aliphatic carboxylic acids is 1. The van der Waals surface area contributed by atoms with Crippen LogP contribution in [0.1, 0.15) is 10.8 Å². The number of thioether (sulfide) groups is 1. The van der Waals surface area contributed by atoms with Crippen LogP contribution < -0.4 is 0 Å². The van der Waals surface area contributed by atoms with Crippen molar-refractivity contribution in [3.63, 3.8) is 0 Å². The normalized spacial score (nSPS) is 12.3. The Bertz CT molecular complexity index is 511. The van der Waals surface area contributed by atoms with Crippen LogP contribution in [0.25, 0.3) is 0 Å². The van der Waals surface area contributed by atoms with Gasteiger partial charge < -0.3 is 5.11 Å². The van der Waals surface area contributed by atoms with E-state index in [4.69, 9.17) is 11.6 Å². The number of carbonyl (C=O) groups is 1. The first-order chi connectivity index (χ1) is 8.16. The Hall–Kier alpha value is -0.970. The fourth-order valence-electron chi connectivity index (χ4n) is 1.38. The lowest BCUT2D eigenvalue weighted by molar-refractivity contribution is -0.136. The molecule has 2 rings (SSSR count). The van der Waals surface area contributed by atoms with Crippen LogP contribution in [0.5, 0.6) is 0 Å². The molecule has 0 bridgehead atoms. The number of hydrogen-bond acceptors (Lipinski definition) is 3. The van der Waals surface area contributed by atoms with E-state index in [1.54, 1.807) is 24.3 Å². The Morgan fingerprint density at radius 1 is 1.35 bits per heavy atom. The van der Waals surface area contributed by atoms with Crippen LogP contribution in [0.15, 0.2) is 46.0 Å². The van der Waals surface area contributed by atoms with Crippen molar-refractivity contribution in [2.75, 3.05) is 0 Å². The summed E-state index contributed by atoms with van der Waals surface area (Å²) in [5, 5.41) is 11.1. The van der Waals surface area contributed by atoms with Crippen molar-refractivity contribution in [2.45, 2.75) is 9.46 Å². The maximum Gasteiger partial charge on any atom is 0.321 e. The van der Waals surface area contributed by atoms with Crippen molar-refractivity contribution >= 4 is 40.7 Å². The molecule has 1 atom stereocenters. The lowest BCUT2D eigenvalue weighted by Crippen LogP contribution is -2.07. The topological polar surface area (TPSA) is 37.3 Å². The van der Waals surface area contributed by atoms with Crippen LogP contribution >= 0.6 is 34.7 Å². The smallest absolute Gasteiger partial charge is 0.321 e. The van der Waals surface area contributed by atoms with E-state index in [9.17, 15) is 9.90 Å². The van der Waals surface area contributed by atoms with E-state index in [2.05, 4.69) is 0 Å². The van der Waals surface area contributed by atoms with Gasteiger partial charge in [-0.2, -0.15) is 0 Å². The predicted molar refractivity (Wildman–Crippen MR) is 72.0 cm³/mol. The van der Waals surface area contributed by atoms with Crippen LogP contribution in [-0.4, -0.2) is 11.1 Å². The minimum absolute atomic E-state index is 0.556. The van der Waals surface area contributed by atoms with Crippen molar-refractivity contribution in [3.05, 3.63) is 52.4 Å². The van der Waals surface area contributed by atoms with Gasteiger partial charge in [0.2, 0.25) is 0 Å². The van der Waals surface area contributed by atoms with Gasteiger partial charge in [-0.05, 0) is 29.1 Å². The number of halogens is 1. The summed E-state index contributed by atoms with van der Waals surface area (Å²) in [5.41, 5.74) is 0.711. The number of rotatable bonds is 4. The van der Waals surface area contributed by atoms with E-state index in [1.165, 1.54) is 23.1 Å². The van der Waals surface area contributed by atoms with E-state index in [1.807, 2.05) is 17.5 Å². The van der Waals surface area contributed by atoms with Crippen molar-refractivity contribution < 1.29 is 9.90 Å². The zero-order valence-corrected chi connectivity index (χ0v) is 11.1. The van der Waals surface area contributed by atoms with E-state index in [-0.39, 0.29) is 0 Å². The first-order valence-corrected chi connectivity index (χ1v) is 6.99. The Labute approximate surface area is 112 Å². The summed E-state index contributed by atoms with van der Waals surface area (Å²) >= 11 is 8.74. The van der Waals surface area contributed by atoms with Gasteiger partial charge in [0, 0.05) is 5.02 Å². The van der Waals surface area contributed by atoms with Crippen molar-refractivity contribution in [1.82, 2.24) is 0 Å². The van der Waals surface area contributed by atoms with Gasteiger partial charge in [0.05, 0.1) is 4.21 Å². The molecule has 17 heavy (non-hydrogen) atoms. The van der Waals surface area contributed by atoms with Crippen LogP contribution in [0.3, 0.4) is 0 Å². The average Bonchev–Trinajstić information content (AvgIpc) is 2.78. The molecule has 0 spiro atoms. The predicted octanol–water partition coefficient (Wildman–Crippen LogP) is 4.32. The van der Waals surface area contributed by atoms with Gasteiger partial charge in [0.1, 0.15) is 5.25 Å². The molecule has 1 N–H and O–H groups in total. The largest absolute Gasteiger partial charge is 0.480 e. The second-order valence-corrected chi connectivity index (χ2v) is 6.11. The number of carboxylic acids is 1. The van der Waals surface area contributed by atoms with Gasteiger partial charge in [-0.25, -0.2) is 0 Å². The lowest BCUT2D eigenvalue weighted by atomic mass is 10.1. The van der Waals surface area contributed by atoms with Gasteiger partial charge in [0.15, 0.2) is 0 Å². The quantitative estimate of drug-likeness (QED) is 0.850. The molecule has 88 valence electrons. The summed E-state index contributed by atoms with van der Waals surface area (Å²) in [6.45, 7) is 0. The molecular weight excluding hydrogens is 276 g/mol. The average molecular weight is 285 g/mol. The molecule has 0 saturated heterocycles. The molecule has 0 radical (unpaired) electrons. The number of thiophene rings is 1. The van der Waals surface area contributed by atoms with Gasteiger partial charge in [-0.1, -0.05) is 41.6 Å². The van der Waals surface area contributed by atoms with E-state index in [0.29, 0.717) is 10.6 Å². The molecule has 0 amide bonds. The second-order valence-electron chi connectivity index (χ2n) is 3.32. The molecule has 0 saturated carbocycles. The molecule has 0 aliphatic carbocycles. The minimum atomic E-state index is -0.856. The van der Waals surface area contributed by atoms with Gasteiger partial charge in [0.25, 0.3) is 0 Å². The van der Waals surface area contributed by atoms with Crippen LogP contribution in [0, 0.1) is 0 Å². The number of carboxylic acid groups (broad SMARTS) is 1. The van der Waals surface area contributed by atoms with Crippen LogP contribution in [-0.2, 0) is 4.79 Å². The van der Waals surface area contributed by atoms with Gasteiger partial charge in [-0.15, -0.1) is 11.3 Å². The molecule has 1 aromatic heterocycles. The molecule has 1 heterocycles. The summed E-state index contributed by atoms with van der Waals surface area (Å²) in [7, 11) is 0. The summed E-state index contributed by atoms with van der Waals surface area (Å²) in [4.78, 5) is 11.3. The van der Waals surface area contributed by atoms with Crippen molar-refractivity contribution in [3.8, 4) is 0 Å². The highest BCUT2D eigenvalue weighted by Crippen LogP contribution is 2.38. The highest BCUT2D eigenvalue weighted by molar-refractivity contribution is 8.02. The fourth-order valence-corrected chi connectivity index (χ4v) is 3.48. The molecule has 0 unspecified atom stereocenters. The lowest BCUT2D eigenvalue weighted by Gasteiger charge is -2.11. The Morgan fingerprint density at radius 2 is 2.18 bits per heavy atom. The third-order valence-corrected chi connectivity index (χ3v) is 4.66. The SMILES string of the molecule is O=C(O)[C@@H](Sc1cccs1)c1cccc(Cl)c1. The summed E-state index contributed by atoms with van der Waals surface area (Å²) < 4.78 is 0.984. The molecule has 0 aliphatic rings. The van der Waals surface area contributed by atoms with Crippen LogP contribution in [0.2, 0.25) is 5.02 Å². The Kier molecular flexibility index (Phi) is 4.10. The molecular formula is C12H9ClO2S2. The molecule has 0 fully saturated rings. The zero-order valence-electron chi connectivity index (χ0n) is 8.67. The number of benzene rings is 1. The van der Waals surface area contributed by atoms with E-state index < -0.39 is 11.2 Å². The van der Waals surface area contributed by atoms with Crippen molar-refractivity contribution in [2.24, 2.45) is 0 Å². The maximum atomic E-state index is 11.3. The summed E-state index contributed by atoms with van der Waals surface area (Å²) in [6.07, 6.45) is 0.